The van der Waals surface area contributed by atoms with Gasteiger partial charge >= 0.3 is 0 Å². The summed E-state index contributed by atoms with van der Waals surface area (Å²) in [6.45, 7) is 8.26. The van der Waals surface area contributed by atoms with E-state index in [-0.39, 0.29) is 12.6 Å². The summed E-state index contributed by atoms with van der Waals surface area (Å²) in [5, 5.41) is 12.4. The molecular formula is C45H50N5O6PS. The van der Waals surface area contributed by atoms with Gasteiger partial charge in [0.1, 0.15) is 41.4 Å². The van der Waals surface area contributed by atoms with Gasteiger partial charge in [0.2, 0.25) is 0 Å². The Bertz CT molecular complexity index is 2230. The van der Waals surface area contributed by atoms with E-state index < -0.39 is 38.1 Å². The number of hydrogen-bond acceptors (Lipinski definition) is 11. The van der Waals surface area contributed by atoms with E-state index in [1.165, 1.54) is 0 Å². The third kappa shape index (κ3) is 8.40. The van der Waals surface area contributed by atoms with Crippen molar-refractivity contribution < 1.29 is 28.4 Å². The molecule has 4 atom stereocenters. The lowest BCUT2D eigenvalue weighted by Gasteiger charge is -2.43. The molecule has 4 heterocycles. The minimum atomic E-state index is -2.12. The van der Waals surface area contributed by atoms with Crippen LogP contribution >= 0.6 is 19.9 Å². The van der Waals surface area contributed by atoms with Gasteiger partial charge in [-0.2, -0.15) is 5.26 Å². The summed E-state index contributed by atoms with van der Waals surface area (Å²) in [4.78, 5) is 22.4. The van der Waals surface area contributed by atoms with E-state index in [0.29, 0.717) is 19.3 Å². The second-order valence-corrected chi connectivity index (χ2v) is 17.2. The maximum atomic E-state index is 12.0. The lowest BCUT2D eigenvalue weighted by molar-refractivity contribution is -0.0910. The first-order chi connectivity index (χ1) is 28.1. The van der Waals surface area contributed by atoms with E-state index in [9.17, 15) is 10.2 Å². The van der Waals surface area contributed by atoms with Crippen LogP contribution in [0.1, 0.15) is 69.9 Å². The number of methoxy groups -OCH3 is 2. The van der Waals surface area contributed by atoms with Crippen molar-refractivity contribution in [2.45, 2.75) is 82.6 Å². The van der Waals surface area contributed by atoms with Crippen molar-refractivity contribution in [1.82, 2.24) is 19.2 Å². The monoisotopic (exact) mass is 819 g/mol. The number of aromatic nitrogens is 3. The molecule has 0 saturated carbocycles. The first-order valence-corrected chi connectivity index (χ1v) is 21.5. The zero-order valence-electron chi connectivity index (χ0n) is 33.7. The van der Waals surface area contributed by atoms with E-state index in [1.54, 1.807) is 31.9 Å². The van der Waals surface area contributed by atoms with Crippen LogP contribution < -0.4 is 9.47 Å². The van der Waals surface area contributed by atoms with E-state index in [4.69, 9.17) is 28.5 Å². The predicted molar refractivity (Wildman–Crippen MR) is 228 cm³/mol. The van der Waals surface area contributed by atoms with Gasteiger partial charge in [0.05, 0.1) is 43.6 Å². The summed E-state index contributed by atoms with van der Waals surface area (Å²) in [6.07, 6.45) is 3.25. The van der Waals surface area contributed by atoms with E-state index in [0.717, 1.165) is 49.8 Å². The molecule has 0 spiro atoms. The quantitative estimate of drug-likeness (QED) is 0.0703. The van der Waals surface area contributed by atoms with Gasteiger partial charge in [0.25, 0.3) is 8.53 Å². The lowest BCUT2D eigenvalue weighted by atomic mass is 9.80. The number of nitrogens with zero attached hydrogens (tertiary/aromatic N) is 5. The Morgan fingerprint density at radius 3 is 2.17 bits per heavy atom. The Hall–Kier alpha value is -4.70. The summed E-state index contributed by atoms with van der Waals surface area (Å²) in [6, 6.07) is 34.3. The highest BCUT2D eigenvalue weighted by Crippen LogP contribution is 2.50. The highest BCUT2D eigenvalue weighted by molar-refractivity contribution is 7.43. The van der Waals surface area contributed by atoms with Gasteiger partial charge in [-0.05, 0) is 92.6 Å². The molecule has 3 aromatic carbocycles. The number of benzene rings is 3. The first-order valence-electron chi connectivity index (χ1n) is 19.4. The van der Waals surface area contributed by atoms with Crippen molar-refractivity contribution in [2.75, 3.05) is 20.8 Å². The average molecular weight is 820 g/mol. The second kappa shape index (κ2) is 18.1. The van der Waals surface area contributed by atoms with E-state index >= 15 is 0 Å². The topological polar surface area (TPSA) is 124 Å². The van der Waals surface area contributed by atoms with Crippen LogP contribution in [0.5, 0.6) is 11.5 Å². The molecule has 302 valence electrons. The van der Waals surface area contributed by atoms with Crippen molar-refractivity contribution >= 4 is 30.9 Å². The standard InChI is InChI=1S/C45H50N5O6PS/c1-31(2)50(44(3,4)24-11-25-46)57(51)56-38-28-41(49-26-23-37-42(40-14-10-27-58-40)47-30-48-43(37)49)55-39(38)29-54-45(32-12-8-7-9-13-32,33-15-19-35(52-5)20-16-33)34-17-21-36(53-6)22-18-34/h7-10,12-23,26-27,30-31,38-39,41,51H,11,24,28-29H2,1-6H3/t38-,39+,41+,57?/m0/s1. The summed E-state index contributed by atoms with van der Waals surface area (Å²) < 4.78 is 36.2. The molecule has 0 radical (unpaired) electrons. The third-order valence-electron chi connectivity index (χ3n) is 10.8. The molecule has 0 amide bonds. The molecule has 58 heavy (non-hydrogen) atoms. The highest BCUT2D eigenvalue weighted by atomic mass is 32.1. The van der Waals surface area contributed by atoms with Gasteiger partial charge in [0.15, 0.2) is 0 Å². The minimum absolute atomic E-state index is 0.0609. The molecule has 6 aromatic rings. The highest BCUT2D eigenvalue weighted by Gasteiger charge is 2.46. The maximum absolute atomic E-state index is 12.0. The summed E-state index contributed by atoms with van der Waals surface area (Å²) in [7, 11) is 1.18. The Morgan fingerprint density at radius 1 is 0.931 bits per heavy atom. The van der Waals surface area contributed by atoms with Crippen molar-refractivity contribution in [2.24, 2.45) is 0 Å². The van der Waals surface area contributed by atoms with Gasteiger partial charge < -0.3 is 32.9 Å². The fraction of sp³-hybridized carbons (Fsp3) is 0.356. The second-order valence-electron chi connectivity index (χ2n) is 15.1. The van der Waals surface area contributed by atoms with Crippen LogP contribution in [-0.4, -0.2) is 68.7 Å². The van der Waals surface area contributed by atoms with Crippen molar-refractivity contribution in [3.05, 3.63) is 132 Å². The molecule has 1 unspecified atom stereocenters. The summed E-state index contributed by atoms with van der Waals surface area (Å²) in [5.74, 6) is 1.45. The summed E-state index contributed by atoms with van der Waals surface area (Å²) >= 11 is 1.63. The van der Waals surface area contributed by atoms with Crippen LogP contribution in [0.2, 0.25) is 0 Å². The van der Waals surface area contributed by atoms with Crippen LogP contribution in [0.25, 0.3) is 21.6 Å². The largest absolute Gasteiger partial charge is 0.497 e. The molecule has 1 aliphatic rings. The normalized spacial score (nSPS) is 17.8. The number of hydrogen-bond donors (Lipinski definition) is 1. The van der Waals surface area contributed by atoms with Gasteiger partial charge in [0, 0.05) is 36.0 Å². The Labute approximate surface area is 345 Å². The van der Waals surface area contributed by atoms with Crippen molar-refractivity contribution in [3.63, 3.8) is 0 Å². The predicted octanol–water partition coefficient (Wildman–Crippen LogP) is 9.87. The Kier molecular flexibility index (Phi) is 12.9. The average Bonchev–Trinajstić information content (AvgIpc) is 4.02. The SMILES string of the molecule is COc1ccc(C(OC[C@H]2O[C@@H](n3ccc4c(-c5cccs5)ncnc43)C[C@@H]2OP(O)N(C(C)C)C(C)(C)CCC#N)(c2ccccc2)c2ccc(OC)cc2)cc1. The molecule has 0 aliphatic carbocycles. The molecule has 1 N–H and O–H groups in total. The molecule has 1 saturated heterocycles. The molecule has 11 nitrogen and oxygen atoms in total. The summed E-state index contributed by atoms with van der Waals surface area (Å²) in [5.41, 5.74) is 2.70. The number of rotatable bonds is 17. The molecule has 0 bridgehead atoms. The Balaban J connectivity index is 1.29. The van der Waals surface area contributed by atoms with Crippen molar-refractivity contribution in [3.8, 4) is 28.1 Å². The van der Waals surface area contributed by atoms with Gasteiger partial charge in [-0.25, -0.2) is 14.6 Å². The van der Waals surface area contributed by atoms with E-state index in [2.05, 4.69) is 29.3 Å². The number of thiophene rings is 1. The third-order valence-corrected chi connectivity index (χ3v) is 13.5. The van der Waals surface area contributed by atoms with Crippen LogP contribution in [0, 0.1) is 11.3 Å². The van der Waals surface area contributed by atoms with Crippen LogP contribution in [0.4, 0.5) is 0 Å². The van der Waals surface area contributed by atoms with Gasteiger partial charge in [-0.3, -0.25) is 0 Å². The van der Waals surface area contributed by atoms with Crippen molar-refractivity contribution in [1.29, 1.82) is 5.26 Å². The molecular weight excluding hydrogens is 770 g/mol. The smallest absolute Gasteiger partial charge is 0.257 e. The van der Waals surface area contributed by atoms with Gasteiger partial charge in [-0.1, -0.05) is 60.7 Å². The molecule has 13 heteroatoms. The fourth-order valence-corrected chi connectivity index (χ4v) is 10.3. The number of nitriles is 1. The van der Waals surface area contributed by atoms with Crippen LogP contribution in [0.3, 0.4) is 0 Å². The van der Waals surface area contributed by atoms with Gasteiger partial charge in [-0.15, -0.1) is 11.3 Å². The number of fused-ring (bicyclic) bond motifs is 1. The van der Waals surface area contributed by atoms with E-state index in [1.807, 2.05) is 127 Å². The zero-order chi connectivity index (χ0) is 40.9. The molecule has 3 aromatic heterocycles. The zero-order valence-corrected chi connectivity index (χ0v) is 35.4. The molecule has 1 fully saturated rings. The van der Waals surface area contributed by atoms with Crippen LogP contribution in [-0.2, 0) is 19.6 Å². The first kappa shape index (κ1) is 41.5. The minimum Gasteiger partial charge on any atom is -0.497 e. The lowest BCUT2D eigenvalue weighted by Crippen LogP contribution is -2.45. The number of ether oxygens (including phenoxy) is 4. The fourth-order valence-electron chi connectivity index (χ4n) is 8.00. The maximum Gasteiger partial charge on any atom is 0.257 e. The Morgan fingerprint density at radius 2 is 1.59 bits per heavy atom. The molecule has 7 rings (SSSR count). The molecule has 1 aliphatic heterocycles. The van der Waals surface area contributed by atoms with Crippen LogP contribution in [0.15, 0.2) is 115 Å².